The number of rotatable bonds is 6. The number of hydrogen-bond donors (Lipinski definition) is 1. The summed E-state index contributed by atoms with van der Waals surface area (Å²) < 4.78 is 5.63. The number of benzene rings is 2. The molecule has 2 aromatic carbocycles. The summed E-state index contributed by atoms with van der Waals surface area (Å²) in [4.78, 5) is 33.5. The third kappa shape index (κ3) is 6.19. The van der Waals surface area contributed by atoms with Crippen LogP contribution in [-0.4, -0.2) is 23.4 Å². The summed E-state index contributed by atoms with van der Waals surface area (Å²) in [6, 6.07) is 12.8. The highest BCUT2D eigenvalue weighted by Gasteiger charge is 2.07. The molecule has 2 aromatic rings. The second-order valence-electron chi connectivity index (χ2n) is 4.85. The lowest BCUT2D eigenvalue weighted by molar-refractivity contribution is -0.384. The van der Waals surface area contributed by atoms with E-state index < -0.39 is 23.4 Å². The third-order valence-corrected chi connectivity index (χ3v) is 3.44. The summed E-state index contributed by atoms with van der Waals surface area (Å²) >= 11 is 3.28. The average molecular weight is 405 g/mol. The SMILES string of the molecule is O=C(COC(=O)/C=C/c1cccc([N+](=O)[O-])c1)Nc1cccc(Br)c1. The summed E-state index contributed by atoms with van der Waals surface area (Å²) in [7, 11) is 0. The second-order valence-corrected chi connectivity index (χ2v) is 5.77. The number of non-ortho nitro benzene ring substituents is 1. The largest absolute Gasteiger partial charge is 0.452 e. The first kappa shape index (κ1) is 18.3. The molecule has 2 rings (SSSR count). The fourth-order valence-corrected chi connectivity index (χ4v) is 2.25. The maximum Gasteiger partial charge on any atom is 0.331 e. The van der Waals surface area contributed by atoms with Gasteiger partial charge < -0.3 is 10.1 Å². The molecule has 0 spiro atoms. The van der Waals surface area contributed by atoms with Gasteiger partial charge in [0, 0.05) is 28.4 Å². The molecule has 1 N–H and O–H groups in total. The normalized spacial score (nSPS) is 10.4. The first-order valence-electron chi connectivity index (χ1n) is 7.09. The van der Waals surface area contributed by atoms with E-state index in [1.54, 1.807) is 24.3 Å². The van der Waals surface area contributed by atoms with Crippen LogP contribution in [0, 0.1) is 10.1 Å². The molecule has 0 fully saturated rings. The van der Waals surface area contributed by atoms with Gasteiger partial charge in [-0.2, -0.15) is 0 Å². The molecule has 0 atom stereocenters. The minimum absolute atomic E-state index is 0.0797. The Bertz CT molecular complexity index is 835. The maximum atomic E-state index is 11.7. The number of nitrogens with one attached hydrogen (secondary N) is 1. The van der Waals surface area contributed by atoms with E-state index in [1.165, 1.54) is 24.3 Å². The molecular weight excluding hydrogens is 392 g/mol. The topological polar surface area (TPSA) is 98.5 Å². The molecule has 8 heteroatoms. The number of amides is 1. The number of carbonyl (C=O) groups excluding carboxylic acids is 2. The standard InChI is InChI=1S/C17H13BrN2O5/c18-13-4-2-5-14(10-13)19-16(21)11-25-17(22)8-7-12-3-1-6-15(9-12)20(23)24/h1-10H,11H2,(H,19,21)/b8-7+. The van der Waals surface area contributed by atoms with Crippen LogP contribution in [0.2, 0.25) is 0 Å². The van der Waals surface area contributed by atoms with Gasteiger partial charge in [-0.25, -0.2) is 4.79 Å². The number of nitrogens with zero attached hydrogens (tertiary/aromatic N) is 1. The van der Waals surface area contributed by atoms with E-state index in [4.69, 9.17) is 4.74 Å². The van der Waals surface area contributed by atoms with E-state index in [1.807, 2.05) is 6.07 Å². The summed E-state index contributed by atoms with van der Waals surface area (Å²) in [5.74, 6) is -1.20. The molecular formula is C17H13BrN2O5. The lowest BCUT2D eigenvalue weighted by Gasteiger charge is -2.05. The Kier molecular flexibility index (Phi) is 6.41. The van der Waals surface area contributed by atoms with Crippen LogP contribution in [0.5, 0.6) is 0 Å². The van der Waals surface area contributed by atoms with E-state index in [0.29, 0.717) is 11.3 Å². The molecule has 0 saturated carbocycles. The molecule has 0 aliphatic rings. The number of anilines is 1. The van der Waals surface area contributed by atoms with Crippen LogP contribution in [-0.2, 0) is 14.3 Å². The van der Waals surface area contributed by atoms with Crippen LogP contribution in [0.25, 0.3) is 6.08 Å². The van der Waals surface area contributed by atoms with Gasteiger partial charge in [0.2, 0.25) is 0 Å². The van der Waals surface area contributed by atoms with Gasteiger partial charge in [-0.15, -0.1) is 0 Å². The zero-order valence-corrected chi connectivity index (χ0v) is 14.4. The van der Waals surface area contributed by atoms with Gasteiger partial charge in [0.25, 0.3) is 11.6 Å². The predicted molar refractivity (Wildman–Crippen MR) is 95.9 cm³/mol. The lowest BCUT2D eigenvalue weighted by Crippen LogP contribution is -2.20. The number of ether oxygens (including phenoxy) is 1. The lowest BCUT2D eigenvalue weighted by atomic mass is 10.2. The smallest absolute Gasteiger partial charge is 0.331 e. The molecule has 0 aliphatic carbocycles. The van der Waals surface area contributed by atoms with Crippen molar-refractivity contribution in [3.05, 3.63) is 74.8 Å². The molecule has 0 bridgehead atoms. The molecule has 0 heterocycles. The van der Waals surface area contributed by atoms with Crippen molar-refractivity contribution in [2.24, 2.45) is 0 Å². The number of carbonyl (C=O) groups is 2. The van der Waals surface area contributed by atoms with Gasteiger partial charge in [0.15, 0.2) is 6.61 Å². The van der Waals surface area contributed by atoms with E-state index in [2.05, 4.69) is 21.2 Å². The minimum Gasteiger partial charge on any atom is -0.452 e. The Morgan fingerprint density at radius 3 is 2.68 bits per heavy atom. The molecule has 0 aliphatic heterocycles. The molecule has 0 unspecified atom stereocenters. The van der Waals surface area contributed by atoms with E-state index in [-0.39, 0.29) is 5.69 Å². The van der Waals surface area contributed by atoms with Crippen LogP contribution < -0.4 is 5.32 Å². The average Bonchev–Trinajstić information content (AvgIpc) is 2.58. The van der Waals surface area contributed by atoms with Gasteiger partial charge in [-0.05, 0) is 29.8 Å². The number of esters is 1. The van der Waals surface area contributed by atoms with Crippen molar-refractivity contribution in [2.75, 3.05) is 11.9 Å². The minimum atomic E-state index is -0.726. The molecule has 0 aromatic heterocycles. The molecule has 7 nitrogen and oxygen atoms in total. The Balaban J connectivity index is 1.84. The van der Waals surface area contributed by atoms with Crippen molar-refractivity contribution >= 4 is 45.3 Å². The molecule has 0 radical (unpaired) electrons. The summed E-state index contributed by atoms with van der Waals surface area (Å²) in [6.45, 7) is -0.440. The maximum absolute atomic E-state index is 11.7. The van der Waals surface area contributed by atoms with Crippen LogP contribution in [0.3, 0.4) is 0 Å². The zero-order chi connectivity index (χ0) is 18.2. The van der Waals surface area contributed by atoms with Gasteiger partial charge in [-0.1, -0.05) is 34.1 Å². The highest BCUT2D eigenvalue weighted by atomic mass is 79.9. The monoisotopic (exact) mass is 404 g/mol. The van der Waals surface area contributed by atoms with Crippen LogP contribution in [0.1, 0.15) is 5.56 Å². The molecule has 0 saturated heterocycles. The Morgan fingerprint density at radius 2 is 1.96 bits per heavy atom. The van der Waals surface area contributed by atoms with Crippen molar-refractivity contribution in [3.63, 3.8) is 0 Å². The number of hydrogen-bond acceptors (Lipinski definition) is 5. The Labute approximate surface area is 151 Å². The molecule has 128 valence electrons. The fraction of sp³-hybridized carbons (Fsp3) is 0.0588. The number of nitro groups is 1. The van der Waals surface area contributed by atoms with Crippen LogP contribution in [0.15, 0.2) is 59.1 Å². The zero-order valence-electron chi connectivity index (χ0n) is 12.8. The van der Waals surface area contributed by atoms with Crippen molar-refractivity contribution in [2.45, 2.75) is 0 Å². The summed E-state index contributed by atoms with van der Waals surface area (Å²) in [5.41, 5.74) is 0.969. The van der Waals surface area contributed by atoms with E-state index in [0.717, 1.165) is 10.5 Å². The van der Waals surface area contributed by atoms with Crippen molar-refractivity contribution < 1.29 is 19.2 Å². The predicted octanol–water partition coefficient (Wildman–Crippen LogP) is 3.55. The first-order valence-corrected chi connectivity index (χ1v) is 7.88. The quantitative estimate of drug-likeness (QED) is 0.343. The number of halogens is 1. The molecule has 1 amide bonds. The van der Waals surface area contributed by atoms with Gasteiger partial charge in [-0.3, -0.25) is 14.9 Å². The van der Waals surface area contributed by atoms with Gasteiger partial charge in [0.05, 0.1) is 4.92 Å². The summed E-state index contributed by atoms with van der Waals surface area (Å²) in [6.07, 6.45) is 2.48. The third-order valence-electron chi connectivity index (χ3n) is 2.95. The van der Waals surface area contributed by atoms with Gasteiger partial charge in [0.1, 0.15) is 0 Å². The van der Waals surface area contributed by atoms with Crippen molar-refractivity contribution in [3.8, 4) is 0 Å². The summed E-state index contributed by atoms with van der Waals surface area (Å²) in [5, 5.41) is 13.3. The number of nitro benzene ring substituents is 1. The van der Waals surface area contributed by atoms with Crippen molar-refractivity contribution in [1.29, 1.82) is 0 Å². The van der Waals surface area contributed by atoms with Crippen LogP contribution in [0.4, 0.5) is 11.4 Å². The Morgan fingerprint density at radius 1 is 1.20 bits per heavy atom. The molecule has 25 heavy (non-hydrogen) atoms. The highest BCUT2D eigenvalue weighted by Crippen LogP contribution is 2.16. The van der Waals surface area contributed by atoms with E-state index >= 15 is 0 Å². The highest BCUT2D eigenvalue weighted by molar-refractivity contribution is 9.10. The second kappa shape index (κ2) is 8.74. The van der Waals surface area contributed by atoms with Gasteiger partial charge >= 0.3 is 5.97 Å². The van der Waals surface area contributed by atoms with Crippen molar-refractivity contribution in [1.82, 2.24) is 0 Å². The van der Waals surface area contributed by atoms with E-state index in [9.17, 15) is 19.7 Å². The van der Waals surface area contributed by atoms with Crippen LogP contribution >= 0.6 is 15.9 Å². The Hall–Kier alpha value is -3.00. The fourth-order valence-electron chi connectivity index (χ4n) is 1.85. The first-order chi connectivity index (χ1) is 11.9.